The van der Waals surface area contributed by atoms with E-state index in [1.54, 1.807) is 0 Å². The lowest BCUT2D eigenvalue weighted by Gasteiger charge is -2.23. The maximum Gasteiger partial charge on any atom is 0.313 e. The largest absolute Gasteiger partial charge is 0.481 e. The number of aliphatic carboxylic acids is 1. The number of thiol groups is 1. The Kier molecular flexibility index (Phi) is 37.2. The zero-order valence-corrected chi connectivity index (χ0v) is 23.9. The molecule has 0 heterocycles. The zero-order valence-electron chi connectivity index (χ0n) is 23.0. The van der Waals surface area contributed by atoms with Gasteiger partial charge in [-0.3, -0.25) is 4.79 Å². The molecule has 0 bridgehead atoms. The molecule has 0 aromatic heterocycles. The van der Waals surface area contributed by atoms with Crippen LogP contribution in [-0.2, 0) is 4.79 Å². The van der Waals surface area contributed by atoms with E-state index in [9.17, 15) is 4.79 Å². The van der Waals surface area contributed by atoms with Crippen LogP contribution in [0.15, 0.2) is 0 Å². The van der Waals surface area contributed by atoms with Gasteiger partial charge >= 0.3 is 5.97 Å². The van der Waals surface area contributed by atoms with Crippen molar-refractivity contribution >= 4 is 18.6 Å². The maximum absolute atomic E-state index is 9.29. The van der Waals surface area contributed by atoms with E-state index in [-0.39, 0.29) is 5.75 Å². The van der Waals surface area contributed by atoms with Crippen LogP contribution < -0.4 is 0 Å². The fraction of sp³-hybridized carbons (Fsp3) is 0.955. The van der Waals surface area contributed by atoms with Crippen molar-refractivity contribution in [1.82, 2.24) is 0 Å². The van der Waals surface area contributed by atoms with Crippen LogP contribution in [0.3, 0.4) is 0 Å². The van der Waals surface area contributed by atoms with Crippen LogP contribution in [-0.4, -0.2) is 204 Å². The maximum atomic E-state index is 9.29. The van der Waals surface area contributed by atoms with E-state index in [1.165, 1.54) is 0 Å². The van der Waals surface area contributed by atoms with Gasteiger partial charge < -0.3 is 86.8 Å². The minimum absolute atomic E-state index is 0.0833. The van der Waals surface area contributed by atoms with Crippen molar-refractivity contribution in [2.24, 2.45) is 21.7 Å². The molecule has 0 fully saturated rings. The Morgan fingerprint density at radius 1 is 0.341 bits per heavy atom. The van der Waals surface area contributed by atoms with E-state index < -0.39 is 133 Å². The molecule has 19 heteroatoms. The normalized spacial score (nSPS) is 11.4. The van der Waals surface area contributed by atoms with Gasteiger partial charge in [-0.15, -0.1) is 0 Å². The van der Waals surface area contributed by atoms with Crippen molar-refractivity contribution in [1.29, 1.82) is 0 Å². The third-order valence-corrected chi connectivity index (χ3v) is 5.77. The molecule has 41 heavy (non-hydrogen) atoms. The van der Waals surface area contributed by atoms with Crippen molar-refractivity contribution < 1.29 is 91.6 Å². The Bertz CT molecular complexity index is 391. The molecule has 0 radical (unpaired) electrons. The van der Waals surface area contributed by atoms with Gasteiger partial charge in [0.2, 0.25) is 0 Å². The molecule has 0 aromatic rings. The average molecular weight is 637 g/mol. The van der Waals surface area contributed by atoms with Gasteiger partial charge in [-0.1, -0.05) is 0 Å². The fourth-order valence-electron chi connectivity index (χ4n) is 1.20. The summed E-state index contributed by atoms with van der Waals surface area (Å²) in [4.78, 5) is 9.29. The Hall–Kier alpha value is -0.820. The molecule has 254 valence electrons. The first-order valence-electron chi connectivity index (χ1n) is 11.8. The third kappa shape index (κ3) is 22.4. The molecule has 0 aliphatic rings. The van der Waals surface area contributed by atoms with E-state index in [1.807, 2.05) is 0 Å². The third-order valence-electron chi connectivity index (χ3n) is 5.50. The lowest BCUT2D eigenvalue weighted by Crippen LogP contribution is -2.37. The highest BCUT2D eigenvalue weighted by molar-refractivity contribution is 7.81. The Morgan fingerprint density at radius 2 is 0.415 bits per heavy atom. The standard InChI is InChI=1S/4C5H12O4.C2H4O2S/c4*6-1-5(2-7,3-8)4-9;3-2(4)1-5/h4*6-9H,1-4H2;5H,1H2,(H,3,4). The highest BCUT2D eigenvalue weighted by Crippen LogP contribution is 2.13. The molecule has 0 rings (SSSR count). The monoisotopic (exact) mass is 636 g/mol. The van der Waals surface area contributed by atoms with E-state index >= 15 is 0 Å². The molecule has 0 saturated carbocycles. The Labute approximate surface area is 243 Å². The molecule has 0 unspecified atom stereocenters. The van der Waals surface area contributed by atoms with Crippen LogP contribution in [0.1, 0.15) is 0 Å². The summed E-state index contributed by atoms with van der Waals surface area (Å²) in [6.07, 6.45) is 0. The number of aliphatic hydroxyl groups excluding tert-OH is 16. The van der Waals surface area contributed by atoms with Crippen molar-refractivity contribution in [3.63, 3.8) is 0 Å². The van der Waals surface area contributed by atoms with Crippen LogP contribution in [0.5, 0.6) is 0 Å². The van der Waals surface area contributed by atoms with Crippen LogP contribution in [0.25, 0.3) is 0 Å². The summed E-state index contributed by atoms with van der Waals surface area (Å²) in [5, 5.41) is 144. The minimum Gasteiger partial charge on any atom is -0.481 e. The topological polar surface area (TPSA) is 361 Å². The van der Waals surface area contributed by atoms with E-state index in [0.29, 0.717) is 0 Å². The van der Waals surface area contributed by atoms with Gasteiger partial charge in [0.1, 0.15) is 0 Å². The van der Waals surface area contributed by atoms with E-state index in [4.69, 9.17) is 86.8 Å². The predicted molar refractivity (Wildman–Crippen MR) is 145 cm³/mol. The fourth-order valence-corrected chi connectivity index (χ4v) is 1.20. The van der Waals surface area contributed by atoms with E-state index in [2.05, 4.69) is 12.6 Å². The van der Waals surface area contributed by atoms with Crippen molar-refractivity contribution in [3.8, 4) is 0 Å². The summed E-state index contributed by atoms with van der Waals surface area (Å²) in [6.45, 7) is -6.50. The van der Waals surface area contributed by atoms with Gasteiger partial charge in [0.25, 0.3) is 0 Å². The lowest BCUT2D eigenvalue weighted by atomic mass is 9.93. The molecule has 0 saturated heterocycles. The molecular weight excluding hydrogens is 584 g/mol. The lowest BCUT2D eigenvalue weighted by molar-refractivity contribution is -0.133. The minimum atomic E-state index is -1.11. The zero-order chi connectivity index (χ0) is 33.6. The van der Waals surface area contributed by atoms with E-state index in [0.717, 1.165) is 0 Å². The number of carboxylic acids is 1. The Morgan fingerprint density at radius 3 is 0.415 bits per heavy atom. The molecule has 0 aromatic carbocycles. The Balaban J connectivity index is -0.000000133. The smallest absolute Gasteiger partial charge is 0.313 e. The number of carboxylic acid groups (broad SMARTS) is 1. The molecule has 0 amide bonds. The summed E-state index contributed by atoms with van der Waals surface area (Å²) >= 11 is 3.42. The van der Waals surface area contributed by atoms with Crippen molar-refractivity contribution in [2.45, 2.75) is 0 Å². The van der Waals surface area contributed by atoms with Gasteiger partial charge in [-0.05, 0) is 0 Å². The van der Waals surface area contributed by atoms with Gasteiger partial charge in [0, 0.05) is 0 Å². The van der Waals surface area contributed by atoms with Crippen LogP contribution >= 0.6 is 12.6 Å². The van der Waals surface area contributed by atoms with Gasteiger partial charge in [-0.25, -0.2) is 0 Å². The summed E-state index contributed by atoms with van der Waals surface area (Å²) in [6, 6.07) is 0. The SMILES string of the molecule is O=C(O)CS.OCC(CO)(CO)CO.OCC(CO)(CO)CO.OCC(CO)(CO)CO.OCC(CO)(CO)CO. The van der Waals surface area contributed by atoms with Crippen molar-refractivity contribution in [3.05, 3.63) is 0 Å². The first-order valence-corrected chi connectivity index (χ1v) is 12.4. The summed E-state index contributed by atoms with van der Waals surface area (Å²) < 4.78 is 0. The predicted octanol–water partition coefficient (Wildman–Crippen LogP) is -8.23. The van der Waals surface area contributed by atoms with Gasteiger partial charge in [-0.2, -0.15) is 12.6 Å². The van der Waals surface area contributed by atoms with Gasteiger partial charge in [0.05, 0.1) is 133 Å². The number of rotatable bonds is 17. The molecular formula is C22H52O18S. The molecule has 0 aliphatic carbocycles. The number of hydrogen-bond acceptors (Lipinski definition) is 18. The summed E-state index contributed by atoms with van der Waals surface area (Å²) in [5.74, 6) is -0.965. The van der Waals surface area contributed by atoms with Crippen LogP contribution in [0.2, 0.25) is 0 Å². The number of aliphatic hydroxyl groups is 16. The van der Waals surface area contributed by atoms with Crippen LogP contribution in [0.4, 0.5) is 0 Å². The van der Waals surface area contributed by atoms with Crippen LogP contribution in [0, 0.1) is 21.7 Å². The second-order valence-electron chi connectivity index (χ2n) is 9.08. The first-order chi connectivity index (χ1) is 19.2. The highest BCUT2D eigenvalue weighted by atomic mass is 32.1. The quantitative estimate of drug-likeness (QED) is 0.0659. The number of carbonyl (C=O) groups is 1. The molecule has 0 atom stereocenters. The van der Waals surface area contributed by atoms with Gasteiger partial charge in [0.15, 0.2) is 0 Å². The molecule has 0 spiro atoms. The second-order valence-corrected chi connectivity index (χ2v) is 9.40. The van der Waals surface area contributed by atoms with Crippen molar-refractivity contribution in [2.75, 3.05) is 111 Å². The number of hydrogen-bond donors (Lipinski definition) is 18. The molecule has 18 nitrogen and oxygen atoms in total. The first kappa shape index (κ1) is 49.8. The summed E-state index contributed by atoms with van der Waals surface area (Å²) in [7, 11) is 0. The summed E-state index contributed by atoms with van der Waals surface area (Å²) in [5.41, 5.74) is -4.44. The molecule has 17 N–H and O–H groups in total. The average Bonchev–Trinajstić information content (AvgIpc) is 3.04. The highest BCUT2D eigenvalue weighted by Gasteiger charge is 2.28. The second kappa shape index (κ2) is 30.6. The molecule has 0 aliphatic heterocycles.